The number of carbonyl (C=O) groups is 1. The molecule has 0 spiro atoms. The molecule has 0 bridgehead atoms. The molecule has 152 valence electrons. The monoisotopic (exact) mass is 391 g/mol. The van der Waals surface area contributed by atoms with Crippen molar-refractivity contribution in [3.63, 3.8) is 0 Å². The second-order valence-corrected chi connectivity index (χ2v) is 6.38. The van der Waals surface area contributed by atoms with Crippen LogP contribution in [-0.4, -0.2) is 28.5 Å². The third-order valence-corrected chi connectivity index (χ3v) is 4.42. The van der Waals surface area contributed by atoms with Crippen LogP contribution >= 0.6 is 0 Å². The summed E-state index contributed by atoms with van der Waals surface area (Å²) in [6, 6.07) is 6.16. The zero-order chi connectivity index (χ0) is 20.7. The average Bonchev–Trinajstić information content (AvgIpc) is 2.66. The van der Waals surface area contributed by atoms with Crippen LogP contribution in [0.25, 0.3) is 0 Å². The summed E-state index contributed by atoms with van der Waals surface area (Å²) in [6.07, 6.45) is 1.58. The number of rotatable bonds is 9. The van der Waals surface area contributed by atoms with E-state index in [1.165, 1.54) is 15.5 Å². The molecule has 1 aromatic heterocycles. The van der Waals surface area contributed by atoms with Gasteiger partial charge in [-0.2, -0.15) is 0 Å². The fourth-order valence-corrected chi connectivity index (χ4v) is 2.83. The molecule has 0 atom stereocenters. The standard InChI is InChI=1S/C19H26FN5O3/c1-3-5-10-25-17(21)16(18(27)23-19(25)28)24(4-2)12-15(26)22-11-13-8-6-7-9-14(13)20/h6-9H,3-5,10-12,21H2,1-2H3,(H,22,26)(H,23,27,28). The summed E-state index contributed by atoms with van der Waals surface area (Å²) in [6.45, 7) is 4.33. The number of aromatic nitrogens is 2. The molecule has 4 N–H and O–H groups in total. The molecule has 0 saturated heterocycles. The maximum absolute atomic E-state index is 13.7. The number of nitrogens with zero attached hydrogens (tertiary/aromatic N) is 2. The van der Waals surface area contributed by atoms with Gasteiger partial charge in [-0.05, 0) is 19.4 Å². The predicted octanol–water partition coefficient (Wildman–Crippen LogP) is 1.20. The molecule has 0 fully saturated rings. The van der Waals surface area contributed by atoms with Gasteiger partial charge in [-0.15, -0.1) is 0 Å². The second kappa shape index (κ2) is 9.72. The second-order valence-electron chi connectivity index (χ2n) is 6.38. The number of unbranched alkanes of at least 4 members (excludes halogenated alkanes) is 1. The molecule has 2 aromatic rings. The van der Waals surface area contributed by atoms with Gasteiger partial charge in [0.05, 0.1) is 6.54 Å². The summed E-state index contributed by atoms with van der Waals surface area (Å²) >= 11 is 0. The highest BCUT2D eigenvalue weighted by molar-refractivity contribution is 5.82. The maximum Gasteiger partial charge on any atom is 0.330 e. The molecule has 2 rings (SSSR count). The molecule has 9 heteroatoms. The van der Waals surface area contributed by atoms with Crippen LogP contribution in [0.15, 0.2) is 33.9 Å². The molecule has 8 nitrogen and oxygen atoms in total. The van der Waals surface area contributed by atoms with Crippen LogP contribution < -0.4 is 27.2 Å². The van der Waals surface area contributed by atoms with Crippen LogP contribution in [0.2, 0.25) is 0 Å². The van der Waals surface area contributed by atoms with E-state index in [-0.39, 0.29) is 24.6 Å². The van der Waals surface area contributed by atoms with Gasteiger partial charge in [0.15, 0.2) is 0 Å². The zero-order valence-electron chi connectivity index (χ0n) is 16.1. The van der Waals surface area contributed by atoms with Crippen molar-refractivity contribution in [2.45, 2.75) is 39.8 Å². The van der Waals surface area contributed by atoms with Crippen LogP contribution in [0.5, 0.6) is 0 Å². The highest BCUT2D eigenvalue weighted by Crippen LogP contribution is 2.16. The number of carbonyl (C=O) groups excluding carboxylic acids is 1. The van der Waals surface area contributed by atoms with Gasteiger partial charge in [0.25, 0.3) is 5.56 Å². The number of benzene rings is 1. The third kappa shape index (κ3) is 4.99. The number of nitrogen functional groups attached to an aromatic ring is 1. The SMILES string of the molecule is CCCCn1c(N)c(N(CC)CC(=O)NCc2ccccc2F)c(=O)[nH]c1=O. The lowest BCUT2D eigenvalue weighted by molar-refractivity contribution is -0.119. The molecule has 0 aliphatic heterocycles. The van der Waals surface area contributed by atoms with Crippen molar-refractivity contribution in [1.82, 2.24) is 14.9 Å². The van der Waals surface area contributed by atoms with Crippen molar-refractivity contribution in [3.05, 3.63) is 56.5 Å². The normalized spacial score (nSPS) is 10.7. The molecule has 0 unspecified atom stereocenters. The van der Waals surface area contributed by atoms with Crippen LogP contribution in [0.1, 0.15) is 32.3 Å². The molecule has 28 heavy (non-hydrogen) atoms. The van der Waals surface area contributed by atoms with Crippen LogP contribution in [0, 0.1) is 5.82 Å². The molecule has 0 aliphatic rings. The smallest absolute Gasteiger partial charge is 0.330 e. The fourth-order valence-electron chi connectivity index (χ4n) is 2.83. The third-order valence-electron chi connectivity index (χ3n) is 4.42. The van der Waals surface area contributed by atoms with Crippen molar-refractivity contribution in [3.8, 4) is 0 Å². The minimum absolute atomic E-state index is 0.0326. The molecule has 0 aliphatic carbocycles. The number of nitrogens with one attached hydrogen (secondary N) is 2. The molecule has 0 radical (unpaired) electrons. The first kappa shape index (κ1) is 21.2. The van der Waals surface area contributed by atoms with Crippen LogP contribution in [-0.2, 0) is 17.9 Å². The highest BCUT2D eigenvalue weighted by Gasteiger charge is 2.20. The van der Waals surface area contributed by atoms with Gasteiger partial charge in [0, 0.05) is 25.2 Å². The van der Waals surface area contributed by atoms with Crippen molar-refractivity contribution < 1.29 is 9.18 Å². The van der Waals surface area contributed by atoms with E-state index < -0.39 is 23.0 Å². The van der Waals surface area contributed by atoms with E-state index in [0.717, 1.165) is 12.8 Å². The predicted molar refractivity (Wildman–Crippen MR) is 107 cm³/mol. The maximum atomic E-state index is 13.7. The van der Waals surface area contributed by atoms with Crippen molar-refractivity contribution >= 4 is 17.4 Å². The minimum atomic E-state index is -0.640. The summed E-state index contributed by atoms with van der Waals surface area (Å²) in [4.78, 5) is 40.4. The number of hydrogen-bond donors (Lipinski definition) is 3. The number of aromatic amines is 1. The summed E-state index contributed by atoms with van der Waals surface area (Å²) in [5.74, 6) is -0.764. The Labute approximate surface area is 162 Å². The van der Waals surface area contributed by atoms with E-state index in [9.17, 15) is 18.8 Å². The highest BCUT2D eigenvalue weighted by atomic mass is 19.1. The Balaban J connectivity index is 2.18. The van der Waals surface area contributed by atoms with Gasteiger partial charge < -0.3 is 16.0 Å². The lowest BCUT2D eigenvalue weighted by Gasteiger charge is -2.24. The quantitative estimate of drug-likeness (QED) is 0.594. The summed E-state index contributed by atoms with van der Waals surface area (Å²) in [5, 5.41) is 2.63. The Kier molecular flexibility index (Phi) is 7.36. The number of likely N-dealkylation sites (N-methyl/N-ethyl adjacent to an activating group) is 1. The first-order valence-electron chi connectivity index (χ1n) is 9.26. The topological polar surface area (TPSA) is 113 Å². The lowest BCUT2D eigenvalue weighted by atomic mass is 10.2. The summed E-state index contributed by atoms with van der Waals surface area (Å²) in [5.41, 5.74) is 5.32. The van der Waals surface area contributed by atoms with Gasteiger partial charge in [0.1, 0.15) is 17.3 Å². The van der Waals surface area contributed by atoms with E-state index in [4.69, 9.17) is 5.73 Å². The van der Waals surface area contributed by atoms with E-state index in [1.807, 2.05) is 6.92 Å². The Bertz CT molecular complexity index is 938. The first-order chi connectivity index (χ1) is 13.4. The van der Waals surface area contributed by atoms with Gasteiger partial charge in [-0.3, -0.25) is 19.1 Å². The van der Waals surface area contributed by atoms with E-state index in [0.29, 0.717) is 18.7 Å². The van der Waals surface area contributed by atoms with Crippen LogP contribution in [0.3, 0.4) is 0 Å². The molecule has 1 heterocycles. The molecular weight excluding hydrogens is 365 g/mol. The Morgan fingerprint density at radius 2 is 2.00 bits per heavy atom. The van der Waals surface area contributed by atoms with E-state index in [2.05, 4.69) is 10.3 Å². The largest absolute Gasteiger partial charge is 0.383 e. The number of amides is 1. The number of nitrogens with two attached hydrogens (primary N) is 1. The van der Waals surface area contributed by atoms with Gasteiger partial charge in [0.2, 0.25) is 5.91 Å². The van der Waals surface area contributed by atoms with Crippen molar-refractivity contribution in [1.29, 1.82) is 0 Å². The summed E-state index contributed by atoms with van der Waals surface area (Å²) < 4.78 is 15.0. The number of H-pyrrole nitrogens is 1. The van der Waals surface area contributed by atoms with Crippen molar-refractivity contribution in [2.75, 3.05) is 23.7 Å². The molecule has 1 aromatic carbocycles. The molecule has 0 saturated carbocycles. The Hall–Kier alpha value is -3.10. The van der Waals surface area contributed by atoms with Gasteiger partial charge >= 0.3 is 5.69 Å². The van der Waals surface area contributed by atoms with E-state index in [1.54, 1.807) is 25.1 Å². The van der Waals surface area contributed by atoms with Crippen LogP contribution in [0.4, 0.5) is 15.9 Å². The van der Waals surface area contributed by atoms with E-state index >= 15 is 0 Å². The number of halogens is 1. The van der Waals surface area contributed by atoms with Gasteiger partial charge in [-0.1, -0.05) is 31.5 Å². The fraction of sp³-hybridized carbons (Fsp3) is 0.421. The minimum Gasteiger partial charge on any atom is -0.383 e. The first-order valence-corrected chi connectivity index (χ1v) is 9.26. The Morgan fingerprint density at radius 1 is 1.29 bits per heavy atom. The summed E-state index contributed by atoms with van der Waals surface area (Å²) in [7, 11) is 0. The molecule has 1 amide bonds. The number of anilines is 2. The number of hydrogen-bond acceptors (Lipinski definition) is 5. The molecular formula is C19H26FN5O3. The van der Waals surface area contributed by atoms with Crippen molar-refractivity contribution in [2.24, 2.45) is 0 Å². The van der Waals surface area contributed by atoms with Gasteiger partial charge in [-0.25, -0.2) is 9.18 Å². The lowest BCUT2D eigenvalue weighted by Crippen LogP contribution is -2.42. The Morgan fingerprint density at radius 3 is 2.64 bits per heavy atom. The zero-order valence-corrected chi connectivity index (χ0v) is 16.1. The average molecular weight is 391 g/mol.